The van der Waals surface area contributed by atoms with Crippen molar-refractivity contribution in [2.24, 2.45) is 0 Å². The molecule has 2 aliphatic rings. The fourth-order valence-electron chi connectivity index (χ4n) is 3.01. The summed E-state index contributed by atoms with van der Waals surface area (Å²) in [4.78, 5) is 2.00. The van der Waals surface area contributed by atoms with Gasteiger partial charge in [-0.2, -0.15) is 13.9 Å². The molecule has 0 radical (unpaired) electrons. The molecule has 1 atom stereocenters. The topological polar surface area (TPSA) is 41.3 Å². The van der Waals surface area contributed by atoms with Gasteiger partial charge in [-0.1, -0.05) is 5.92 Å². The number of terminal acetylenes is 1. The van der Waals surface area contributed by atoms with E-state index >= 15 is 0 Å². The Kier molecular flexibility index (Phi) is 2.89. The van der Waals surface area contributed by atoms with E-state index in [1.807, 2.05) is 11.9 Å². The zero-order valence-electron chi connectivity index (χ0n) is 11.4. The number of hydrogen-bond acceptors (Lipinski definition) is 3. The van der Waals surface area contributed by atoms with Gasteiger partial charge < -0.3 is 10.0 Å². The minimum Gasteiger partial charge on any atom is -0.376 e. The van der Waals surface area contributed by atoms with Crippen LogP contribution in [0.1, 0.15) is 29.8 Å². The van der Waals surface area contributed by atoms with Gasteiger partial charge in [-0.3, -0.25) is 4.68 Å². The lowest BCUT2D eigenvalue weighted by Gasteiger charge is -2.24. The Balaban J connectivity index is 2.13. The van der Waals surface area contributed by atoms with Gasteiger partial charge in [0, 0.05) is 31.5 Å². The molecule has 3 heterocycles. The number of likely N-dealkylation sites (N-methyl/N-ethyl adjacent to an activating group) is 1. The van der Waals surface area contributed by atoms with Gasteiger partial charge in [0.25, 0.3) is 5.92 Å². The Bertz CT molecular complexity index is 590. The van der Waals surface area contributed by atoms with Crippen molar-refractivity contribution in [1.82, 2.24) is 14.7 Å². The van der Waals surface area contributed by atoms with Crippen LogP contribution < -0.4 is 0 Å². The second kappa shape index (κ2) is 4.27. The molecule has 1 N–H and O–H groups in total. The van der Waals surface area contributed by atoms with E-state index in [2.05, 4.69) is 11.0 Å². The van der Waals surface area contributed by atoms with Crippen molar-refractivity contribution in [3.63, 3.8) is 0 Å². The quantitative estimate of drug-likeness (QED) is 0.725. The third-order valence-electron chi connectivity index (χ3n) is 4.17. The summed E-state index contributed by atoms with van der Waals surface area (Å²) in [6.07, 6.45) is 5.38. The molecule has 3 rings (SSSR count). The first-order chi connectivity index (χ1) is 9.35. The minimum atomic E-state index is -3.00. The van der Waals surface area contributed by atoms with Crippen LogP contribution in [0.3, 0.4) is 0 Å². The van der Waals surface area contributed by atoms with E-state index in [-0.39, 0.29) is 18.7 Å². The van der Waals surface area contributed by atoms with Gasteiger partial charge in [-0.05, 0) is 13.5 Å². The molecule has 0 saturated carbocycles. The van der Waals surface area contributed by atoms with Crippen molar-refractivity contribution >= 4 is 0 Å². The number of aromatic nitrogens is 2. The molecule has 1 aromatic heterocycles. The first-order valence-corrected chi connectivity index (χ1v) is 6.70. The van der Waals surface area contributed by atoms with Gasteiger partial charge in [0.15, 0.2) is 0 Å². The highest BCUT2D eigenvalue weighted by molar-refractivity contribution is 5.33. The second-order valence-corrected chi connectivity index (χ2v) is 5.80. The Morgan fingerprint density at radius 2 is 2.15 bits per heavy atom. The third kappa shape index (κ3) is 2.02. The van der Waals surface area contributed by atoms with Crippen molar-refractivity contribution in [3.05, 3.63) is 17.0 Å². The van der Waals surface area contributed by atoms with Crippen LogP contribution in [0.4, 0.5) is 8.78 Å². The van der Waals surface area contributed by atoms with Crippen molar-refractivity contribution in [2.45, 2.75) is 43.9 Å². The largest absolute Gasteiger partial charge is 0.376 e. The average Bonchev–Trinajstić information content (AvgIpc) is 2.69. The van der Waals surface area contributed by atoms with Gasteiger partial charge >= 0.3 is 0 Å². The number of hydrogen-bond donors (Lipinski definition) is 1. The highest BCUT2D eigenvalue weighted by Gasteiger charge is 2.46. The SMILES string of the molecule is C#CC1(O)CCC(F)(F)c2c3c(nn2C1)CCN(C)C3. The first kappa shape index (κ1) is 13.5. The molecule has 1 aromatic rings. The summed E-state index contributed by atoms with van der Waals surface area (Å²) in [6, 6.07) is 0. The van der Waals surface area contributed by atoms with Crippen LogP contribution >= 0.6 is 0 Å². The predicted molar refractivity (Wildman–Crippen MR) is 69.2 cm³/mol. The number of rotatable bonds is 0. The Hall–Kier alpha value is -1.45. The third-order valence-corrected chi connectivity index (χ3v) is 4.17. The maximum atomic E-state index is 14.4. The number of aliphatic hydroxyl groups is 1. The fraction of sp³-hybridized carbons (Fsp3) is 0.643. The monoisotopic (exact) mass is 281 g/mol. The molecule has 0 aliphatic carbocycles. The molecule has 0 fully saturated rings. The molecule has 0 bridgehead atoms. The maximum absolute atomic E-state index is 14.4. The molecule has 108 valence electrons. The summed E-state index contributed by atoms with van der Waals surface area (Å²) in [5, 5.41) is 14.5. The van der Waals surface area contributed by atoms with E-state index in [4.69, 9.17) is 6.42 Å². The lowest BCUT2D eigenvalue weighted by Crippen LogP contribution is -2.31. The van der Waals surface area contributed by atoms with E-state index in [0.717, 1.165) is 6.54 Å². The van der Waals surface area contributed by atoms with Crippen LogP contribution in [0, 0.1) is 12.3 Å². The summed E-state index contributed by atoms with van der Waals surface area (Å²) in [7, 11) is 1.90. The second-order valence-electron chi connectivity index (χ2n) is 5.80. The summed E-state index contributed by atoms with van der Waals surface area (Å²) in [5.41, 5.74) is -0.302. The van der Waals surface area contributed by atoms with Crippen molar-refractivity contribution < 1.29 is 13.9 Å². The predicted octanol–water partition coefficient (Wildman–Crippen LogP) is 1.12. The minimum absolute atomic E-state index is 0.0643. The van der Waals surface area contributed by atoms with Crippen LogP contribution in [0.25, 0.3) is 0 Å². The molecule has 1 unspecified atom stereocenters. The number of halogens is 2. The fourth-order valence-corrected chi connectivity index (χ4v) is 3.01. The van der Waals surface area contributed by atoms with E-state index in [9.17, 15) is 13.9 Å². The average molecular weight is 281 g/mol. The van der Waals surface area contributed by atoms with Gasteiger partial charge in [-0.15, -0.1) is 6.42 Å². The molecule has 0 saturated heterocycles. The van der Waals surface area contributed by atoms with Crippen LogP contribution in [-0.4, -0.2) is 39.0 Å². The highest BCUT2D eigenvalue weighted by Crippen LogP contribution is 2.42. The first-order valence-electron chi connectivity index (χ1n) is 6.70. The zero-order chi connectivity index (χ0) is 14.5. The van der Waals surface area contributed by atoms with Crippen LogP contribution in [0.2, 0.25) is 0 Å². The van der Waals surface area contributed by atoms with Crippen LogP contribution in [0.5, 0.6) is 0 Å². The summed E-state index contributed by atoms with van der Waals surface area (Å²) >= 11 is 0. The molecule has 0 amide bonds. The Labute approximate surface area is 116 Å². The van der Waals surface area contributed by atoms with Gasteiger partial charge in [0.2, 0.25) is 0 Å². The molecular weight excluding hydrogens is 264 g/mol. The van der Waals surface area contributed by atoms with Crippen molar-refractivity contribution in [3.8, 4) is 12.3 Å². The maximum Gasteiger partial charge on any atom is 0.289 e. The number of nitrogens with zero attached hydrogens (tertiary/aromatic N) is 3. The summed E-state index contributed by atoms with van der Waals surface area (Å²) in [6.45, 7) is 1.20. The standard InChI is InChI=1S/C14H17F2N3O/c1-3-13(20)5-6-14(15,16)12-10-8-18(2)7-4-11(10)17-19(12)9-13/h1,20H,4-9H2,2H3. The van der Waals surface area contributed by atoms with E-state index in [0.29, 0.717) is 24.2 Å². The van der Waals surface area contributed by atoms with Gasteiger partial charge in [-0.25, -0.2) is 0 Å². The van der Waals surface area contributed by atoms with Crippen LogP contribution in [0.15, 0.2) is 0 Å². The summed E-state index contributed by atoms with van der Waals surface area (Å²) in [5.74, 6) is -0.761. The van der Waals surface area contributed by atoms with E-state index in [1.165, 1.54) is 4.68 Å². The van der Waals surface area contributed by atoms with E-state index < -0.39 is 17.9 Å². The molecule has 0 aromatic carbocycles. The molecule has 2 aliphatic heterocycles. The summed E-state index contributed by atoms with van der Waals surface area (Å²) < 4.78 is 30.1. The molecule has 0 spiro atoms. The van der Waals surface area contributed by atoms with E-state index in [1.54, 1.807) is 0 Å². The lowest BCUT2D eigenvalue weighted by molar-refractivity contribution is -0.0300. The highest BCUT2D eigenvalue weighted by atomic mass is 19.3. The molecule has 20 heavy (non-hydrogen) atoms. The number of alkyl halides is 2. The number of fused-ring (bicyclic) bond motifs is 3. The van der Waals surface area contributed by atoms with Gasteiger partial charge in [0.05, 0.1) is 12.2 Å². The molecule has 6 heteroatoms. The molecular formula is C14H17F2N3O. The smallest absolute Gasteiger partial charge is 0.289 e. The van der Waals surface area contributed by atoms with Gasteiger partial charge in [0.1, 0.15) is 11.3 Å². The van der Waals surface area contributed by atoms with Crippen molar-refractivity contribution in [1.29, 1.82) is 0 Å². The zero-order valence-corrected chi connectivity index (χ0v) is 11.4. The van der Waals surface area contributed by atoms with Crippen LogP contribution in [-0.2, 0) is 25.4 Å². The normalized spacial score (nSPS) is 29.1. The molecule has 4 nitrogen and oxygen atoms in total. The Morgan fingerprint density at radius 3 is 2.85 bits per heavy atom. The lowest BCUT2D eigenvalue weighted by atomic mass is 9.96. The Morgan fingerprint density at radius 1 is 1.40 bits per heavy atom. The van der Waals surface area contributed by atoms with Crippen molar-refractivity contribution in [2.75, 3.05) is 13.6 Å².